The molecule has 0 heterocycles. The average Bonchev–Trinajstić information content (AvgIpc) is 2.05. The molecule has 12 heavy (non-hydrogen) atoms. The molecule has 3 aliphatic rings. The first-order valence-corrected chi connectivity index (χ1v) is 4.95. The molecule has 0 spiro atoms. The number of fused-ring (bicyclic) bond motifs is 2. The normalized spacial score (nSPS) is 43.3. The summed E-state index contributed by atoms with van der Waals surface area (Å²) in [5.74, 6) is 2.32. The van der Waals surface area contributed by atoms with Gasteiger partial charge in [0.15, 0.2) is 0 Å². The molecule has 3 rings (SSSR count). The molecule has 2 heteroatoms. The van der Waals surface area contributed by atoms with Gasteiger partial charge in [0.1, 0.15) is 0 Å². The Balaban J connectivity index is 2.05. The van der Waals surface area contributed by atoms with Crippen LogP contribution in [-0.2, 0) is 0 Å². The van der Waals surface area contributed by atoms with Gasteiger partial charge in [-0.2, -0.15) is 4.91 Å². The second-order valence-corrected chi connectivity index (χ2v) is 5.01. The largest absolute Gasteiger partial charge is 0.151 e. The van der Waals surface area contributed by atoms with Gasteiger partial charge in [0.25, 0.3) is 0 Å². The fraction of sp³-hybridized carbons (Fsp3) is 1.00. The molecule has 0 aliphatic heterocycles. The molecule has 2 nitrogen and oxygen atoms in total. The van der Waals surface area contributed by atoms with Crippen molar-refractivity contribution in [3.63, 3.8) is 0 Å². The third-order valence-corrected chi connectivity index (χ3v) is 4.31. The van der Waals surface area contributed by atoms with Gasteiger partial charge in [-0.1, -0.05) is 19.0 Å². The van der Waals surface area contributed by atoms with E-state index in [1.54, 1.807) is 0 Å². The Morgan fingerprint density at radius 1 is 1.42 bits per heavy atom. The van der Waals surface area contributed by atoms with Crippen LogP contribution >= 0.6 is 0 Å². The lowest BCUT2D eigenvalue weighted by molar-refractivity contribution is -0.101. The smallest absolute Gasteiger partial charge is 0.0842 e. The van der Waals surface area contributed by atoms with Gasteiger partial charge < -0.3 is 0 Å². The molecule has 3 atom stereocenters. The van der Waals surface area contributed by atoms with E-state index in [2.05, 4.69) is 19.0 Å². The standard InChI is InChI=1S/C10H17NO/c1-10(2)8-4-3-7(6-11-12)9(10)5-8/h7-9H,3-6H2,1-2H3/t7?,8-,9-/m1/s1. The Morgan fingerprint density at radius 3 is 2.67 bits per heavy atom. The molecular weight excluding hydrogens is 150 g/mol. The first-order chi connectivity index (χ1) is 5.66. The highest BCUT2D eigenvalue weighted by atomic mass is 16.3. The summed E-state index contributed by atoms with van der Waals surface area (Å²) in [4.78, 5) is 10.2. The summed E-state index contributed by atoms with van der Waals surface area (Å²) in [5, 5.41) is 3.05. The van der Waals surface area contributed by atoms with Crippen LogP contribution in [0.4, 0.5) is 0 Å². The zero-order valence-electron chi connectivity index (χ0n) is 7.92. The summed E-state index contributed by atoms with van der Waals surface area (Å²) >= 11 is 0. The fourth-order valence-electron chi connectivity index (χ4n) is 3.28. The molecule has 0 aromatic rings. The lowest BCUT2D eigenvalue weighted by Gasteiger charge is -2.59. The molecular formula is C10H17NO. The van der Waals surface area contributed by atoms with Gasteiger partial charge in [0, 0.05) is 0 Å². The van der Waals surface area contributed by atoms with Crippen LogP contribution in [0.25, 0.3) is 0 Å². The predicted octanol–water partition coefficient (Wildman–Crippen LogP) is 2.83. The Kier molecular flexibility index (Phi) is 1.74. The van der Waals surface area contributed by atoms with Gasteiger partial charge in [-0.15, -0.1) is 0 Å². The highest BCUT2D eigenvalue weighted by molar-refractivity contribution is 5.03. The Morgan fingerprint density at radius 2 is 2.17 bits per heavy atom. The summed E-state index contributed by atoms with van der Waals surface area (Å²) in [6.45, 7) is 5.26. The quantitative estimate of drug-likeness (QED) is 0.581. The second kappa shape index (κ2) is 2.54. The van der Waals surface area contributed by atoms with Crippen molar-refractivity contribution in [2.45, 2.75) is 33.1 Å². The van der Waals surface area contributed by atoms with Crippen molar-refractivity contribution in [1.29, 1.82) is 0 Å². The van der Waals surface area contributed by atoms with Crippen LogP contribution in [0.2, 0.25) is 0 Å². The van der Waals surface area contributed by atoms with E-state index >= 15 is 0 Å². The van der Waals surface area contributed by atoms with E-state index in [-0.39, 0.29) is 0 Å². The zero-order valence-corrected chi connectivity index (χ0v) is 7.92. The van der Waals surface area contributed by atoms with Crippen molar-refractivity contribution in [2.75, 3.05) is 6.54 Å². The average molecular weight is 167 g/mol. The lowest BCUT2D eigenvalue weighted by atomic mass is 9.45. The minimum absolute atomic E-state index is 0.508. The molecule has 3 saturated carbocycles. The van der Waals surface area contributed by atoms with Crippen LogP contribution in [0.15, 0.2) is 5.18 Å². The molecule has 0 aromatic heterocycles. The van der Waals surface area contributed by atoms with Crippen molar-refractivity contribution in [1.82, 2.24) is 0 Å². The van der Waals surface area contributed by atoms with Gasteiger partial charge in [0.05, 0.1) is 6.54 Å². The Hall–Kier alpha value is -0.400. The van der Waals surface area contributed by atoms with E-state index in [0.29, 0.717) is 17.9 Å². The van der Waals surface area contributed by atoms with E-state index in [0.717, 1.165) is 11.8 Å². The second-order valence-electron chi connectivity index (χ2n) is 5.01. The minimum atomic E-state index is 0.508. The molecule has 3 fully saturated rings. The monoisotopic (exact) mass is 167 g/mol. The molecule has 68 valence electrons. The first-order valence-electron chi connectivity index (χ1n) is 4.95. The molecule has 0 N–H and O–H groups in total. The number of rotatable bonds is 2. The van der Waals surface area contributed by atoms with Gasteiger partial charge in [-0.3, -0.25) is 0 Å². The highest BCUT2D eigenvalue weighted by Gasteiger charge is 2.53. The van der Waals surface area contributed by atoms with Crippen molar-refractivity contribution < 1.29 is 0 Å². The molecule has 2 bridgehead atoms. The molecule has 1 unspecified atom stereocenters. The summed E-state index contributed by atoms with van der Waals surface area (Å²) in [5.41, 5.74) is 0.508. The molecule has 0 radical (unpaired) electrons. The van der Waals surface area contributed by atoms with Crippen molar-refractivity contribution in [3.05, 3.63) is 4.91 Å². The van der Waals surface area contributed by atoms with Crippen molar-refractivity contribution >= 4 is 0 Å². The van der Waals surface area contributed by atoms with E-state index in [1.165, 1.54) is 19.3 Å². The summed E-state index contributed by atoms with van der Waals surface area (Å²) in [6, 6.07) is 0. The third kappa shape index (κ3) is 0.932. The predicted molar refractivity (Wildman–Crippen MR) is 48.8 cm³/mol. The Bertz CT molecular complexity index is 198. The minimum Gasteiger partial charge on any atom is -0.151 e. The maximum atomic E-state index is 10.2. The van der Waals surface area contributed by atoms with E-state index in [1.807, 2.05) is 0 Å². The number of hydrogen-bond acceptors (Lipinski definition) is 2. The number of hydrogen-bond donors (Lipinski definition) is 0. The topological polar surface area (TPSA) is 29.4 Å². The van der Waals surface area contributed by atoms with Crippen LogP contribution < -0.4 is 0 Å². The fourth-order valence-corrected chi connectivity index (χ4v) is 3.28. The van der Waals surface area contributed by atoms with Crippen molar-refractivity contribution in [3.8, 4) is 0 Å². The lowest BCUT2D eigenvalue weighted by Crippen LogP contribution is -2.52. The van der Waals surface area contributed by atoms with Crippen LogP contribution in [0.5, 0.6) is 0 Å². The SMILES string of the molecule is CC1(C)[C@@H]2CCC(CN=O)[C@H]1C2. The van der Waals surface area contributed by atoms with E-state index in [9.17, 15) is 4.91 Å². The molecule has 0 amide bonds. The van der Waals surface area contributed by atoms with Crippen LogP contribution in [0, 0.1) is 28.1 Å². The maximum Gasteiger partial charge on any atom is 0.0842 e. The summed E-state index contributed by atoms with van der Waals surface area (Å²) in [6.07, 6.45) is 3.92. The zero-order chi connectivity index (χ0) is 8.77. The van der Waals surface area contributed by atoms with Crippen LogP contribution in [-0.4, -0.2) is 6.54 Å². The van der Waals surface area contributed by atoms with Crippen LogP contribution in [0.3, 0.4) is 0 Å². The molecule has 0 saturated heterocycles. The maximum absolute atomic E-state index is 10.2. The first kappa shape index (κ1) is 8.21. The molecule has 0 aromatic carbocycles. The van der Waals surface area contributed by atoms with E-state index in [4.69, 9.17) is 0 Å². The third-order valence-electron chi connectivity index (χ3n) is 4.31. The van der Waals surface area contributed by atoms with Crippen LogP contribution in [0.1, 0.15) is 33.1 Å². The number of nitrogens with zero attached hydrogens (tertiary/aromatic N) is 1. The van der Waals surface area contributed by atoms with Crippen molar-refractivity contribution in [2.24, 2.45) is 28.3 Å². The van der Waals surface area contributed by atoms with Gasteiger partial charge in [0.2, 0.25) is 0 Å². The Labute approximate surface area is 73.7 Å². The summed E-state index contributed by atoms with van der Waals surface area (Å²) < 4.78 is 0. The highest BCUT2D eigenvalue weighted by Crippen LogP contribution is 2.61. The van der Waals surface area contributed by atoms with E-state index < -0.39 is 0 Å². The molecule has 3 aliphatic carbocycles. The number of nitroso groups, excluding NO2 is 1. The summed E-state index contributed by atoms with van der Waals surface area (Å²) in [7, 11) is 0. The van der Waals surface area contributed by atoms with Gasteiger partial charge in [-0.05, 0) is 42.4 Å². The van der Waals surface area contributed by atoms with Gasteiger partial charge >= 0.3 is 0 Å². The van der Waals surface area contributed by atoms with Gasteiger partial charge in [-0.25, -0.2) is 0 Å².